The summed E-state index contributed by atoms with van der Waals surface area (Å²) in [6.07, 6.45) is 0.420. The molecule has 29 heavy (non-hydrogen) atoms. The molecule has 3 heterocycles. The van der Waals surface area contributed by atoms with Crippen LogP contribution in [0.25, 0.3) is 11.6 Å². The van der Waals surface area contributed by atoms with Crippen LogP contribution < -0.4 is 9.47 Å². The molecule has 0 bridgehead atoms. The largest absolute Gasteiger partial charge is 0.586 e. The van der Waals surface area contributed by atoms with E-state index in [4.69, 9.17) is 9.26 Å². The van der Waals surface area contributed by atoms with Gasteiger partial charge in [-0.05, 0) is 50.8 Å². The number of rotatable bonds is 5. The first kappa shape index (κ1) is 18.9. The van der Waals surface area contributed by atoms with Gasteiger partial charge in [-0.15, -0.1) is 8.78 Å². The molecule has 1 aliphatic rings. The molecule has 1 aromatic carbocycles. The Balaban J connectivity index is 1.74. The lowest BCUT2D eigenvalue weighted by Crippen LogP contribution is -2.26. The molecule has 0 fully saturated rings. The summed E-state index contributed by atoms with van der Waals surface area (Å²) in [6, 6.07) is 4.84. The van der Waals surface area contributed by atoms with E-state index in [-0.39, 0.29) is 11.5 Å². The molecule has 0 atom stereocenters. The number of para-hydroxylation sites is 1. The van der Waals surface area contributed by atoms with Crippen LogP contribution in [0.4, 0.5) is 14.6 Å². The summed E-state index contributed by atoms with van der Waals surface area (Å²) in [7, 11) is 0. The number of ether oxygens (including phenoxy) is 2. The van der Waals surface area contributed by atoms with E-state index in [9.17, 15) is 8.78 Å². The van der Waals surface area contributed by atoms with Gasteiger partial charge in [-0.3, -0.25) is 0 Å². The number of H-pyrrole nitrogens is 1. The van der Waals surface area contributed by atoms with Crippen LogP contribution in [0.15, 0.2) is 33.9 Å². The van der Waals surface area contributed by atoms with Crippen molar-refractivity contribution < 1.29 is 22.8 Å². The minimum Gasteiger partial charge on any atom is -0.395 e. The molecule has 0 radical (unpaired) electrons. The van der Waals surface area contributed by atoms with Gasteiger partial charge in [0.05, 0.1) is 5.69 Å². The van der Waals surface area contributed by atoms with Crippen molar-refractivity contribution >= 4 is 24.2 Å². The zero-order valence-electron chi connectivity index (χ0n) is 16.2. The number of nitrogens with zero attached hydrogens (tertiary/aromatic N) is 2. The number of hydrogen-bond donors (Lipinski definition) is 1. The van der Waals surface area contributed by atoms with Crippen molar-refractivity contribution in [3.05, 3.63) is 58.1 Å². The summed E-state index contributed by atoms with van der Waals surface area (Å²) in [5.74, 6) is 1.37. The van der Waals surface area contributed by atoms with Crippen molar-refractivity contribution in [3.8, 4) is 11.5 Å². The third-order valence-electron chi connectivity index (χ3n) is 4.82. The smallest absolute Gasteiger partial charge is 0.395 e. The number of aliphatic imine (C=N–C) groups is 1. The summed E-state index contributed by atoms with van der Waals surface area (Å²) in [6.45, 7) is 9.28. The molecule has 1 aliphatic heterocycles. The van der Waals surface area contributed by atoms with Crippen molar-refractivity contribution in [2.75, 3.05) is 0 Å². The molecule has 8 heteroatoms. The fourth-order valence-corrected chi connectivity index (χ4v) is 3.61. The predicted molar refractivity (Wildman–Crippen MR) is 105 cm³/mol. The Morgan fingerprint density at radius 1 is 1.28 bits per heavy atom. The second-order valence-corrected chi connectivity index (χ2v) is 6.85. The van der Waals surface area contributed by atoms with Crippen molar-refractivity contribution in [2.45, 2.75) is 33.5 Å². The van der Waals surface area contributed by atoms with Crippen molar-refractivity contribution in [1.29, 1.82) is 0 Å². The zero-order valence-corrected chi connectivity index (χ0v) is 16.2. The fraction of sp³-hybridized carbons (Fsp3) is 0.238. The molecule has 0 unspecified atom stereocenters. The van der Waals surface area contributed by atoms with E-state index in [0.717, 1.165) is 33.7 Å². The molecule has 0 spiro atoms. The van der Waals surface area contributed by atoms with Gasteiger partial charge in [-0.25, -0.2) is 4.99 Å². The average molecular weight is 399 g/mol. The van der Waals surface area contributed by atoms with E-state index in [1.54, 1.807) is 18.3 Å². The van der Waals surface area contributed by atoms with E-state index in [2.05, 4.69) is 26.6 Å². The molecular formula is C21H19F2N3O3. The average Bonchev–Trinajstić information content (AvgIpc) is 3.30. The van der Waals surface area contributed by atoms with Gasteiger partial charge in [0.1, 0.15) is 11.6 Å². The molecule has 2 aromatic heterocycles. The first-order valence-corrected chi connectivity index (χ1v) is 8.95. The van der Waals surface area contributed by atoms with E-state index >= 15 is 0 Å². The first-order valence-electron chi connectivity index (χ1n) is 8.95. The van der Waals surface area contributed by atoms with Gasteiger partial charge in [-0.2, -0.15) is 0 Å². The van der Waals surface area contributed by atoms with E-state index in [0.29, 0.717) is 17.8 Å². The number of aryl methyl sites for hydroxylation is 2. The van der Waals surface area contributed by atoms with Gasteiger partial charge in [0.2, 0.25) is 0 Å². The van der Waals surface area contributed by atoms with E-state index in [1.807, 2.05) is 26.8 Å². The Morgan fingerprint density at radius 2 is 2.07 bits per heavy atom. The number of nitrogens with one attached hydrogen (secondary N) is 1. The highest BCUT2D eigenvalue weighted by Crippen LogP contribution is 2.44. The van der Waals surface area contributed by atoms with Crippen LogP contribution in [0, 0.1) is 13.8 Å². The molecule has 150 valence electrons. The van der Waals surface area contributed by atoms with Gasteiger partial charge >= 0.3 is 6.29 Å². The maximum absolute atomic E-state index is 13.5. The topological polar surface area (TPSA) is 72.6 Å². The number of aromatic nitrogens is 2. The molecule has 4 rings (SSSR count). The minimum absolute atomic E-state index is 0.0223. The zero-order chi connectivity index (χ0) is 20.8. The molecule has 0 amide bonds. The fourth-order valence-electron chi connectivity index (χ4n) is 3.61. The molecule has 0 aliphatic carbocycles. The molecule has 1 N–H and O–H groups in total. The monoisotopic (exact) mass is 399 g/mol. The van der Waals surface area contributed by atoms with Gasteiger partial charge in [0, 0.05) is 29.3 Å². The second-order valence-electron chi connectivity index (χ2n) is 6.85. The predicted octanol–water partition coefficient (Wildman–Crippen LogP) is 5.42. The minimum atomic E-state index is -3.66. The normalized spacial score (nSPS) is 15.0. The summed E-state index contributed by atoms with van der Waals surface area (Å²) in [5, 5.41) is 3.99. The molecular weight excluding hydrogens is 380 g/mol. The van der Waals surface area contributed by atoms with E-state index < -0.39 is 6.29 Å². The van der Waals surface area contributed by atoms with Crippen LogP contribution in [0.3, 0.4) is 0 Å². The third-order valence-corrected chi connectivity index (χ3v) is 4.82. The second kappa shape index (κ2) is 6.88. The Morgan fingerprint density at radius 3 is 2.76 bits per heavy atom. The van der Waals surface area contributed by atoms with Crippen molar-refractivity contribution in [1.82, 2.24) is 10.1 Å². The highest BCUT2D eigenvalue weighted by molar-refractivity contribution is 5.85. The van der Waals surface area contributed by atoms with Crippen LogP contribution in [-0.4, -0.2) is 23.2 Å². The SMILES string of the molecule is C=Nc1[nH]cc(Cc2cccc3c2OC(F)(F)O3)c1/C=C(\C)c1c(C)noc1C. The Kier molecular flexibility index (Phi) is 4.49. The van der Waals surface area contributed by atoms with Gasteiger partial charge in [-0.1, -0.05) is 17.3 Å². The van der Waals surface area contributed by atoms with Crippen molar-refractivity contribution in [3.63, 3.8) is 0 Å². The van der Waals surface area contributed by atoms with Crippen LogP contribution >= 0.6 is 0 Å². The number of allylic oxidation sites excluding steroid dienone is 1. The van der Waals surface area contributed by atoms with Crippen LogP contribution in [-0.2, 0) is 6.42 Å². The number of hydrogen-bond acceptors (Lipinski definition) is 5. The van der Waals surface area contributed by atoms with Gasteiger partial charge in [0.15, 0.2) is 11.5 Å². The molecule has 6 nitrogen and oxygen atoms in total. The van der Waals surface area contributed by atoms with Crippen LogP contribution in [0.2, 0.25) is 0 Å². The Labute approximate surface area is 165 Å². The maximum Gasteiger partial charge on any atom is 0.586 e. The quantitative estimate of drug-likeness (QED) is 0.581. The van der Waals surface area contributed by atoms with Gasteiger partial charge in [0.25, 0.3) is 0 Å². The first-order chi connectivity index (χ1) is 13.8. The van der Waals surface area contributed by atoms with Crippen LogP contribution in [0.5, 0.6) is 11.5 Å². The lowest BCUT2D eigenvalue weighted by molar-refractivity contribution is -0.286. The number of alkyl halides is 2. The maximum atomic E-state index is 13.5. The number of halogens is 2. The lowest BCUT2D eigenvalue weighted by Gasteiger charge is -2.08. The van der Waals surface area contributed by atoms with Gasteiger partial charge < -0.3 is 19.0 Å². The van der Waals surface area contributed by atoms with Crippen LogP contribution in [0.1, 0.15) is 40.6 Å². The number of benzene rings is 1. The highest BCUT2D eigenvalue weighted by atomic mass is 19.3. The molecule has 0 saturated carbocycles. The summed E-state index contributed by atoms with van der Waals surface area (Å²) in [4.78, 5) is 7.12. The number of fused-ring (bicyclic) bond motifs is 1. The van der Waals surface area contributed by atoms with Crippen molar-refractivity contribution in [2.24, 2.45) is 4.99 Å². The summed E-state index contributed by atoms with van der Waals surface area (Å²) >= 11 is 0. The Hall–Kier alpha value is -3.42. The highest BCUT2D eigenvalue weighted by Gasteiger charge is 2.44. The van der Waals surface area contributed by atoms with E-state index in [1.165, 1.54) is 6.07 Å². The lowest BCUT2D eigenvalue weighted by atomic mass is 9.98. The summed E-state index contributed by atoms with van der Waals surface area (Å²) < 4.78 is 41.5. The third kappa shape index (κ3) is 3.41. The number of aromatic amines is 1. The Bertz CT molecular complexity index is 1110. The summed E-state index contributed by atoms with van der Waals surface area (Å²) in [5.41, 5.74) is 4.89. The molecule has 3 aromatic rings. The molecule has 0 saturated heterocycles. The standard InChI is InChI=1S/C21H19F2N3O3/c1-11(18-12(2)26-29-13(18)3)8-16-15(10-25-20(16)24-4)9-14-6-5-7-17-19(14)28-21(22,23)27-17/h5-8,10,25H,4,9H2,1-3H3/b11-8+.